The quantitative estimate of drug-likeness (QED) is 0.622. The van der Waals surface area contributed by atoms with Gasteiger partial charge < -0.3 is 5.11 Å². The molecule has 7 heteroatoms. The van der Waals surface area contributed by atoms with Crippen molar-refractivity contribution in [1.82, 2.24) is 10.2 Å². The number of carboxylic acids is 1. The topological polar surface area (TPSA) is 86.7 Å². The number of amides is 2. The SMILES string of the molecule is O=C(O)C1CCC(=O)N1C(=O)C1CSCN1. The van der Waals surface area contributed by atoms with Crippen LogP contribution < -0.4 is 5.32 Å². The molecule has 6 nitrogen and oxygen atoms in total. The van der Waals surface area contributed by atoms with Gasteiger partial charge in [-0.1, -0.05) is 0 Å². The van der Waals surface area contributed by atoms with E-state index in [9.17, 15) is 14.4 Å². The number of likely N-dealkylation sites (tertiary alicyclic amines) is 1. The fourth-order valence-corrected chi connectivity index (χ4v) is 2.85. The number of imide groups is 1. The molecule has 2 saturated heterocycles. The number of carbonyl (C=O) groups is 3. The lowest BCUT2D eigenvalue weighted by atomic mass is 10.2. The van der Waals surface area contributed by atoms with E-state index in [1.807, 2.05) is 0 Å². The summed E-state index contributed by atoms with van der Waals surface area (Å²) in [5.74, 6) is -0.633. The van der Waals surface area contributed by atoms with E-state index in [0.29, 0.717) is 11.6 Å². The molecule has 0 spiro atoms. The second-order valence-corrected chi connectivity index (χ2v) is 4.80. The Bertz CT molecular complexity index is 340. The van der Waals surface area contributed by atoms with Gasteiger partial charge in [-0.3, -0.25) is 19.8 Å². The maximum Gasteiger partial charge on any atom is 0.326 e. The van der Waals surface area contributed by atoms with Gasteiger partial charge in [-0.2, -0.15) is 0 Å². The third-order valence-electron chi connectivity index (χ3n) is 2.75. The number of hydrogen-bond acceptors (Lipinski definition) is 5. The van der Waals surface area contributed by atoms with Crippen LogP contribution in [0.5, 0.6) is 0 Å². The molecule has 0 bridgehead atoms. The first-order valence-corrected chi connectivity index (χ1v) is 6.16. The van der Waals surface area contributed by atoms with Gasteiger partial charge in [0.2, 0.25) is 11.8 Å². The number of rotatable bonds is 2. The maximum atomic E-state index is 11.9. The molecule has 2 unspecified atom stereocenters. The molecule has 0 aromatic carbocycles. The molecule has 2 atom stereocenters. The van der Waals surface area contributed by atoms with Crippen molar-refractivity contribution in [2.75, 3.05) is 11.6 Å². The summed E-state index contributed by atoms with van der Waals surface area (Å²) in [5, 5.41) is 11.9. The first-order chi connectivity index (χ1) is 7.61. The third kappa shape index (κ3) is 1.92. The summed E-state index contributed by atoms with van der Waals surface area (Å²) < 4.78 is 0. The van der Waals surface area contributed by atoms with Gasteiger partial charge in [0.25, 0.3) is 0 Å². The van der Waals surface area contributed by atoms with Gasteiger partial charge in [-0.05, 0) is 6.42 Å². The lowest BCUT2D eigenvalue weighted by Crippen LogP contribution is -2.50. The van der Waals surface area contributed by atoms with E-state index in [4.69, 9.17) is 5.11 Å². The average Bonchev–Trinajstić information content (AvgIpc) is 2.84. The molecule has 0 radical (unpaired) electrons. The Kier molecular flexibility index (Phi) is 3.15. The lowest BCUT2D eigenvalue weighted by molar-refractivity contribution is -0.154. The van der Waals surface area contributed by atoms with Crippen LogP contribution in [0, 0.1) is 0 Å². The summed E-state index contributed by atoms with van der Waals surface area (Å²) in [6.45, 7) is 0. The van der Waals surface area contributed by atoms with Crippen molar-refractivity contribution in [2.24, 2.45) is 0 Å². The fraction of sp³-hybridized carbons (Fsp3) is 0.667. The first-order valence-electron chi connectivity index (χ1n) is 5.01. The van der Waals surface area contributed by atoms with Crippen molar-refractivity contribution in [3.8, 4) is 0 Å². The van der Waals surface area contributed by atoms with Crippen molar-refractivity contribution >= 4 is 29.5 Å². The summed E-state index contributed by atoms with van der Waals surface area (Å²) in [5.41, 5.74) is 0. The zero-order chi connectivity index (χ0) is 11.7. The fourth-order valence-electron chi connectivity index (χ4n) is 1.92. The Morgan fingerprint density at radius 3 is 2.81 bits per heavy atom. The standard InChI is InChI=1S/C9H12N2O4S/c12-7-2-1-6(9(14)15)11(7)8(13)5-3-16-4-10-5/h5-6,10H,1-4H2,(H,14,15). The number of nitrogens with zero attached hydrogens (tertiary/aromatic N) is 1. The summed E-state index contributed by atoms with van der Waals surface area (Å²) in [4.78, 5) is 35.2. The molecule has 0 saturated carbocycles. The summed E-state index contributed by atoms with van der Waals surface area (Å²) in [6.07, 6.45) is 0.363. The van der Waals surface area contributed by atoms with Gasteiger partial charge in [0, 0.05) is 18.1 Å². The van der Waals surface area contributed by atoms with Gasteiger partial charge in [0.05, 0.1) is 6.04 Å². The molecule has 2 aliphatic rings. The van der Waals surface area contributed by atoms with Crippen LogP contribution >= 0.6 is 11.8 Å². The van der Waals surface area contributed by atoms with Gasteiger partial charge in [0.1, 0.15) is 6.04 Å². The number of carbonyl (C=O) groups excluding carboxylic acids is 2. The second-order valence-electron chi connectivity index (χ2n) is 3.77. The molecular formula is C9H12N2O4S. The zero-order valence-electron chi connectivity index (χ0n) is 8.51. The Hall–Kier alpha value is -1.08. The first kappa shape index (κ1) is 11.4. The molecule has 2 fully saturated rings. The minimum Gasteiger partial charge on any atom is -0.480 e. The third-order valence-corrected chi connectivity index (χ3v) is 3.69. The van der Waals surface area contributed by atoms with Gasteiger partial charge >= 0.3 is 5.97 Å². The van der Waals surface area contributed by atoms with Crippen LogP contribution in [-0.4, -0.2) is 51.5 Å². The smallest absolute Gasteiger partial charge is 0.326 e. The van der Waals surface area contributed by atoms with Crippen LogP contribution in [-0.2, 0) is 14.4 Å². The number of aliphatic carboxylic acids is 1. The van der Waals surface area contributed by atoms with E-state index >= 15 is 0 Å². The molecule has 2 aliphatic heterocycles. The molecule has 0 aromatic rings. The molecule has 2 N–H and O–H groups in total. The molecule has 0 aromatic heterocycles. The van der Waals surface area contributed by atoms with Crippen molar-refractivity contribution in [3.63, 3.8) is 0 Å². The van der Waals surface area contributed by atoms with E-state index in [1.54, 1.807) is 11.8 Å². The van der Waals surface area contributed by atoms with E-state index < -0.39 is 24.0 Å². The molecule has 88 valence electrons. The summed E-state index contributed by atoms with van der Waals surface area (Å²) in [6, 6.07) is -1.40. The number of thioether (sulfide) groups is 1. The molecule has 16 heavy (non-hydrogen) atoms. The number of carboxylic acid groups (broad SMARTS) is 1. The molecule has 0 aliphatic carbocycles. The highest BCUT2D eigenvalue weighted by Gasteiger charge is 2.43. The van der Waals surface area contributed by atoms with Crippen molar-refractivity contribution in [2.45, 2.75) is 24.9 Å². The lowest BCUT2D eigenvalue weighted by Gasteiger charge is -2.22. The van der Waals surface area contributed by atoms with Crippen LogP contribution in [0.1, 0.15) is 12.8 Å². The van der Waals surface area contributed by atoms with Crippen molar-refractivity contribution in [1.29, 1.82) is 0 Å². The minimum atomic E-state index is -1.11. The average molecular weight is 244 g/mol. The van der Waals surface area contributed by atoms with Crippen LogP contribution in [0.3, 0.4) is 0 Å². The largest absolute Gasteiger partial charge is 0.480 e. The Morgan fingerprint density at radius 1 is 1.50 bits per heavy atom. The molecule has 2 amide bonds. The normalized spacial score (nSPS) is 29.8. The highest BCUT2D eigenvalue weighted by atomic mass is 32.2. The summed E-state index contributed by atoms with van der Waals surface area (Å²) >= 11 is 1.56. The Balaban J connectivity index is 2.13. The van der Waals surface area contributed by atoms with Crippen LogP contribution in [0.4, 0.5) is 0 Å². The second kappa shape index (κ2) is 4.42. The van der Waals surface area contributed by atoms with E-state index in [-0.39, 0.29) is 18.7 Å². The van der Waals surface area contributed by atoms with Gasteiger partial charge in [0.15, 0.2) is 0 Å². The van der Waals surface area contributed by atoms with Crippen molar-refractivity contribution < 1.29 is 19.5 Å². The van der Waals surface area contributed by atoms with Crippen molar-refractivity contribution in [3.05, 3.63) is 0 Å². The highest BCUT2D eigenvalue weighted by molar-refractivity contribution is 7.99. The summed E-state index contributed by atoms with van der Waals surface area (Å²) in [7, 11) is 0. The zero-order valence-corrected chi connectivity index (χ0v) is 9.33. The predicted molar refractivity (Wildman–Crippen MR) is 56.8 cm³/mol. The number of hydrogen-bond donors (Lipinski definition) is 2. The van der Waals surface area contributed by atoms with E-state index in [1.165, 1.54) is 0 Å². The van der Waals surface area contributed by atoms with Crippen LogP contribution in [0.2, 0.25) is 0 Å². The molecule has 2 heterocycles. The van der Waals surface area contributed by atoms with Gasteiger partial charge in [-0.25, -0.2) is 4.79 Å². The van der Waals surface area contributed by atoms with Crippen LogP contribution in [0.25, 0.3) is 0 Å². The predicted octanol–water partition coefficient (Wildman–Crippen LogP) is -0.749. The van der Waals surface area contributed by atoms with E-state index in [2.05, 4.69) is 5.32 Å². The Labute approximate surface area is 96.4 Å². The number of nitrogens with one attached hydrogen (secondary N) is 1. The minimum absolute atomic E-state index is 0.141. The van der Waals surface area contributed by atoms with Crippen LogP contribution in [0.15, 0.2) is 0 Å². The van der Waals surface area contributed by atoms with Gasteiger partial charge in [-0.15, -0.1) is 11.8 Å². The Morgan fingerprint density at radius 2 is 2.25 bits per heavy atom. The molecular weight excluding hydrogens is 232 g/mol. The van der Waals surface area contributed by atoms with E-state index in [0.717, 1.165) is 4.90 Å². The molecule has 2 rings (SSSR count). The monoisotopic (exact) mass is 244 g/mol. The highest BCUT2D eigenvalue weighted by Crippen LogP contribution is 2.22. The maximum absolute atomic E-state index is 11.9.